The summed E-state index contributed by atoms with van der Waals surface area (Å²) in [6.45, 7) is 5.01. The Morgan fingerprint density at radius 3 is 2.80 bits per heavy atom. The number of benzene rings is 1. The molecular formula is C16H24N2O2. The molecular weight excluding hydrogens is 252 g/mol. The highest BCUT2D eigenvalue weighted by Gasteiger charge is 2.26. The third-order valence-corrected chi connectivity index (χ3v) is 4.30. The lowest BCUT2D eigenvalue weighted by Crippen LogP contribution is -2.42. The van der Waals surface area contributed by atoms with E-state index in [4.69, 9.17) is 0 Å². The Labute approximate surface area is 120 Å². The summed E-state index contributed by atoms with van der Waals surface area (Å²) in [4.78, 5) is 12.0. The predicted octanol–water partition coefficient (Wildman–Crippen LogP) is 2.25. The normalized spacial score (nSPS) is 17.4. The Morgan fingerprint density at radius 2 is 2.10 bits per heavy atom. The highest BCUT2D eigenvalue weighted by molar-refractivity contribution is 5.78. The molecule has 1 unspecified atom stereocenters. The van der Waals surface area contributed by atoms with Crippen molar-refractivity contribution in [2.75, 3.05) is 18.4 Å². The van der Waals surface area contributed by atoms with Crippen LogP contribution in [0.3, 0.4) is 0 Å². The number of rotatable bonds is 6. The van der Waals surface area contributed by atoms with Gasteiger partial charge in [0.05, 0.1) is 5.60 Å². The maximum Gasteiger partial charge on any atom is 0.220 e. The molecule has 0 bridgehead atoms. The number of aliphatic hydroxyl groups is 1. The second kappa shape index (κ2) is 6.27. The van der Waals surface area contributed by atoms with Gasteiger partial charge in [0.25, 0.3) is 0 Å². The summed E-state index contributed by atoms with van der Waals surface area (Å²) < 4.78 is 0. The molecule has 0 radical (unpaired) electrons. The quantitative estimate of drug-likeness (QED) is 0.747. The van der Waals surface area contributed by atoms with Crippen LogP contribution >= 0.6 is 0 Å². The fourth-order valence-electron chi connectivity index (χ4n) is 2.60. The largest absolute Gasteiger partial charge is 0.388 e. The van der Waals surface area contributed by atoms with Gasteiger partial charge in [0.2, 0.25) is 5.91 Å². The van der Waals surface area contributed by atoms with E-state index in [0.717, 1.165) is 12.2 Å². The third kappa shape index (κ3) is 3.31. The van der Waals surface area contributed by atoms with E-state index in [1.54, 1.807) is 0 Å². The number of carbonyl (C=O) groups is 1. The van der Waals surface area contributed by atoms with Crippen molar-refractivity contribution in [2.45, 2.75) is 44.6 Å². The van der Waals surface area contributed by atoms with Crippen molar-refractivity contribution in [1.29, 1.82) is 0 Å². The summed E-state index contributed by atoms with van der Waals surface area (Å²) in [5.41, 5.74) is 1.56. The number of fused-ring (bicyclic) bond motifs is 1. The number of anilines is 1. The average Bonchev–Trinajstić information content (AvgIpc) is 2.88. The van der Waals surface area contributed by atoms with Crippen LogP contribution in [0, 0.1) is 0 Å². The third-order valence-electron chi connectivity index (χ3n) is 4.30. The molecule has 0 saturated heterocycles. The van der Waals surface area contributed by atoms with Crippen LogP contribution in [-0.4, -0.2) is 29.7 Å². The molecule has 0 fully saturated rings. The molecule has 1 heterocycles. The van der Waals surface area contributed by atoms with Gasteiger partial charge >= 0.3 is 0 Å². The smallest absolute Gasteiger partial charge is 0.220 e. The summed E-state index contributed by atoms with van der Waals surface area (Å²) >= 11 is 0. The highest BCUT2D eigenvalue weighted by atomic mass is 16.3. The average molecular weight is 276 g/mol. The SMILES string of the molecule is CCC(O)(CC)CNC(=O)CC1CNc2ccccc21. The molecule has 0 spiro atoms. The molecule has 0 saturated carbocycles. The summed E-state index contributed by atoms with van der Waals surface area (Å²) in [6.07, 6.45) is 1.77. The second-order valence-corrected chi connectivity index (χ2v) is 5.58. The van der Waals surface area contributed by atoms with Crippen molar-refractivity contribution in [3.63, 3.8) is 0 Å². The maximum atomic E-state index is 12.0. The number of hydrogen-bond acceptors (Lipinski definition) is 3. The Hall–Kier alpha value is -1.55. The van der Waals surface area contributed by atoms with E-state index in [1.165, 1.54) is 5.56 Å². The van der Waals surface area contributed by atoms with Gasteiger partial charge in [0.1, 0.15) is 0 Å². The van der Waals surface area contributed by atoms with Gasteiger partial charge in [-0.15, -0.1) is 0 Å². The van der Waals surface area contributed by atoms with Crippen LogP contribution in [0.25, 0.3) is 0 Å². The minimum Gasteiger partial charge on any atom is -0.388 e. The molecule has 1 aliphatic rings. The lowest BCUT2D eigenvalue weighted by Gasteiger charge is -2.25. The van der Waals surface area contributed by atoms with Crippen molar-refractivity contribution in [3.05, 3.63) is 29.8 Å². The zero-order chi connectivity index (χ0) is 14.6. The molecule has 20 heavy (non-hydrogen) atoms. The van der Waals surface area contributed by atoms with Crippen LogP contribution in [0.2, 0.25) is 0 Å². The number of carbonyl (C=O) groups excluding carboxylic acids is 1. The van der Waals surface area contributed by atoms with Crippen molar-refractivity contribution in [1.82, 2.24) is 5.32 Å². The Kier molecular flexibility index (Phi) is 4.65. The maximum absolute atomic E-state index is 12.0. The van der Waals surface area contributed by atoms with E-state index in [2.05, 4.69) is 16.7 Å². The standard InChI is InChI=1S/C16H24N2O2/c1-3-16(20,4-2)11-18-15(19)9-12-10-17-14-8-6-5-7-13(12)14/h5-8,12,17,20H,3-4,9-11H2,1-2H3,(H,18,19). The van der Waals surface area contributed by atoms with Gasteiger partial charge in [-0.1, -0.05) is 32.0 Å². The topological polar surface area (TPSA) is 61.4 Å². The van der Waals surface area contributed by atoms with Crippen molar-refractivity contribution in [3.8, 4) is 0 Å². The molecule has 1 aliphatic heterocycles. The number of para-hydroxylation sites is 1. The molecule has 1 aromatic rings. The monoisotopic (exact) mass is 276 g/mol. The number of amides is 1. The Bertz CT molecular complexity index is 469. The number of nitrogens with one attached hydrogen (secondary N) is 2. The van der Waals surface area contributed by atoms with Gasteiger partial charge in [0, 0.05) is 31.1 Å². The summed E-state index contributed by atoms with van der Waals surface area (Å²) in [6, 6.07) is 8.11. The number of hydrogen-bond donors (Lipinski definition) is 3. The summed E-state index contributed by atoms with van der Waals surface area (Å²) in [7, 11) is 0. The van der Waals surface area contributed by atoms with Crippen LogP contribution in [0.5, 0.6) is 0 Å². The molecule has 1 amide bonds. The Morgan fingerprint density at radius 1 is 1.40 bits per heavy atom. The lowest BCUT2D eigenvalue weighted by atomic mass is 9.96. The molecule has 4 nitrogen and oxygen atoms in total. The molecule has 1 aromatic carbocycles. The van der Waals surface area contributed by atoms with E-state index < -0.39 is 5.60 Å². The molecule has 4 heteroatoms. The van der Waals surface area contributed by atoms with E-state index >= 15 is 0 Å². The summed E-state index contributed by atoms with van der Waals surface area (Å²) in [5.74, 6) is 0.233. The minimum atomic E-state index is -0.776. The zero-order valence-corrected chi connectivity index (χ0v) is 12.3. The minimum absolute atomic E-state index is 0.00817. The van der Waals surface area contributed by atoms with E-state index in [9.17, 15) is 9.90 Å². The van der Waals surface area contributed by atoms with Gasteiger partial charge in [-0.2, -0.15) is 0 Å². The Balaban J connectivity index is 1.87. The lowest BCUT2D eigenvalue weighted by molar-refractivity contribution is -0.122. The molecule has 110 valence electrons. The first-order valence-corrected chi connectivity index (χ1v) is 7.40. The van der Waals surface area contributed by atoms with E-state index in [1.807, 2.05) is 32.0 Å². The first kappa shape index (κ1) is 14.9. The van der Waals surface area contributed by atoms with Crippen LogP contribution in [0.4, 0.5) is 5.69 Å². The van der Waals surface area contributed by atoms with Gasteiger partial charge in [-0.25, -0.2) is 0 Å². The zero-order valence-electron chi connectivity index (χ0n) is 12.3. The van der Waals surface area contributed by atoms with Gasteiger partial charge < -0.3 is 15.7 Å². The second-order valence-electron chi connectivity index (χ2n) is 5.58. The fourth-order valence-corrected chi connectivity index (χ4v) is 2.60. The highest BCUT2D eigenvalue weighted by Crippen LogP contribution is 2.33. The first-order valence-electron chi connectivity index (χ1n) is 7.40. The molecule has 3 N–H and O–H groups in total. The first-order chi connectivity index (χ1) is 9.58. The molecule has 2 rings (SSSR count). The van der Waals surface area contributed by atoms with E-state index in [-0.39, 0.29) is 11.8 Å². The van der Waals surface area contributed by atoms with E-state index in [0.29, 0.717) is 25.8 Å². The molecule has 1 atom stereocenters. The van der Waals surface area contributed by atoms with Gasteiger partial charge in [0.15, 0.2) is 0 Å². The van der Waals surface area contributed by atoms with Crippen LogP contribution in [0.1, 0.15) is 44.6 Å². The van der Waals surface area contributed by atoms with Crippen LogP contribution in [-0.2, 0) is 4.79 Å². The molecule has 0 aliphatic carbocycles. The van der Waals surface area contributed by atoms with Crippen molar-refractivity contribution < 1.29 is 9.90 Å². The van der Waals surface area contributed by atoms with Gasteiger partial charge in [-0.05, 0) is 24.5 Å². The fraction of sp³-hybridized carbons (Fsp3) is 0.562. The van der Waals surface area contributed by atoms with Crippen LogP contribution < -0.4 is 10.6 Å². The van der Waals surface area contributed by atoms with Crippen LogP contribution in [0.15, 0.2) is 24.3 Å². The van der Waals surface area contributed by atoms with Gasteiger partial charge in [-0.3, -0.25) is 4.79 Å². The van der Waals surface area contributed by atoms with Crippen molar-refractivity contribution in [2.24, 2.45) is 0 Å². The molecule has 0 aromatic heterocycles. The van der Waals surface area contributed by atoms with Crippen molar-refractivity contribution >= 4 is 11.6 Å². The predicted molar refractivity (Wildman–Crippen MR) is 80.8 cm³/mol. The summed E-state index contributed by atoms with van der Waals surface area (Å²) in [5, 5.41) is 16.4.